The lowest BCUT2D eigenvalue weighted by molar-refractivity contribution is 0.581. The van der Waals surface area contributed by atoms with Gasteiger partial charge in [-0.25, -0.2) is 21.4 Å². The summed E-state index contributed by atoms with van der Waals surface area (Å²) in [6.45, 7) is 8.98. The Morgan fingerprint density at radius 2 is 1.70 bits per heavy atom. The molecule has 1 N–H and O–H groups in total. The standard InChI is InChI=1S/C14H20F2N2O3S2/c1-9(18(5)22(19)14(2,3)4)10-7-11(15)13(12(16)8-10)17-23(6,20)21/h7-8,17H,1H2,2-6H3/t22-/m0/s1. The molecule has 0 saturated carbocycles. The Morgan fingerprint density at radius 3 is 2.04 bits per heavy atom. The number of benzene rings is 1. The van der Waals surface area contributed by atoms with Crippen LogP contribution in [0.25, 0.3) is 5.70 Å². The Labute approximate surface area is 138 Å². The van der Waals surface area contributed by atoms with Crippen LogP contribution in [0.2, 0.25) is 0 Å². The van der Waals surface area contributed by atoms with E-state index >= 15 is 0 Å². The molecule has 0 fully saturated rings. The van der Waals surface area contributed by atoms with Gasteiger partial charge >= 0.3 is 0 Å². The van der Waals surface area contributed by atoms with Gasteiger partial charge < -0.3 is 0 Å². The molecular weight excluding hydrogens is 346 g/mol. The summed E-state index contributed by atoms with van der Waals surface area (Å²) < 4.78 is 65.1. The highest BCUT2D eigenvalue weighted by atomic mass is 32.2. The van der Waals surface area contributed by atoms with Gasteiger partial charge in [-0.2, -0.15) is 0 Å². The molecule has 0 radical (unpaired) electrons. The van der Waals surface area contributed by atoms with Gasteiger partial charge in [0.25, 0.3) is 0 Å². The minimum Gasteiger partial charge on any atom is -0.294 e. The molecule has 1 aromatic carbocycles. The fourth-order valence-electron chi connectivity index (χ4n) is 1.72. The zero-order valence-electron chi connectivity index (χ0n) is 13.6. The number of rotatable bonds is 5. The first-order valence-corrected chi connectivity index (χ1v) is 9.55. The Balaban J connectivity index is 3.21. The van der Waals surface area contributed by atoms with E-state index in [1.165, 1.54) is 11.4 Å². The van der Waals surface area contributed by atoms with Gasteiger partial charge in [0.15, 0.2) is 11.6 Å². The van der Waals surface area contributed by atoms with Crippen LogP contribution in [0.15, 0.2) is 18.7 Å². The summed E-state index contributed by atoms with van der Waals surface area (Å²) in [6, 6.07) is 1.88. The van der Waals surface area contributed by atoms with E-state index in [0.717, 1.165) is 18.4 Å². The minimum absolute atomic E-state index is 0.0687. The lowest BCUT2D eigenvalue weighted by Crippen LogP contribution is -2.33. The molecule has 0 saturated heterocycles. The number of hydrogen-bond acceptors (Lipinski definition) is 3. The average Bonchev–Trinajstić information content (AvgIpc) is 2.38. The molecule has 0 aliphatic carbocycles. The highest BCUT2D eigenvalue weighted by Crippen LogP contribution is 2.28. The molecule has 0 bridgehead atoms. The third kappa shape index (κ3) is 5.00. The molecule has 0 aliphatic rings. The molecule has 23 heavy (non-hydrogen) atoms. The molecule has 0 aromatic heterocycles. The maximum absolute atomic E-state index is 14.0. The number of nitrogens with one attached hydrogen (secondary N) is 1. The Hall–Kier alpha value is -1.48. The Bertz CT molecular complexity index is 733. The van der Waals surface area contributed by atoms with E-state index in [1.54, 1.807) is 25.5 Å². The minimum atomic E-state index is -3.82. The predicted molar refractivity (Wildman–Crippen MR) is 89.5 cm³/mol. The van der Waals surface area contributed by atoms with Crippen LogP contribution in [0.5, 0.6) is 0 Å². The van der Waals surface area contributed by atoms with Crippen molar-refractivity contribution >= 4 is 32.4 Å². The van der Waals surface area contributed by atoms with Crippen molar-refractivity contribution in [1.29, 1.82) is 0 Å². The summed E-state index contributed by atoms with van der Waals surface area (Å²) >= 11 is 0. The van der Waals surface area contributed by atoms with Crippen LogP contribution in [0.3, 0.4) is 0 Å². The molecule has 0 aliphatic heterocycles. The van der Waals surface area contributed by atoms with Gasteiger partial charge in [0.2, 0.25) is 10.0 Å². The summed E-state index contributed by atoms with van der Waals surface area (Å²) in [4.78, 5) is 0. The first kappa shape index (κ1) is 19.6. The molecule has 0 spiro atoms. The topological polar surface area (TPSA) is 66.5 Å². The number of anilines is 1. The van der Waals surface area contributed by atoms with E-state index < -0.39 is 43.1 Å². The second kappa shape index (κ2) is 6.56. The first-order chi connectivity index (χ1) is 10.2. The predicted octanol–water partition coefficient (Wildman–Crippen LogP) is 2.70. The zero-order chi connectivity index (χ0) is 18.2. The largest absolute Gasteiger partial charge is 0.294 e. The first-order valence-electron chi connectivity index (χ1n) is 6.56. The summed E-state index contributed by atoms with van der Waals surface area (Å²) in [6.07, 6.45) is 0.791. The molecule has 0 unspecified atom stereocenters. The summed E-state index contributed by atoms with van der Waals surface area (Å²) in [7, 11) is -3.78. The highest BCUT2D eigenvalue weighted by Gasteiger charge is 2.26. The van der Waals surface area contributed by atoms with Crippen molar-refractivity contribution in [3.05, 3.63) is 35.9 Å². The maximum atomic E-state index is 14.0. The lowest BCUT2D eigenvalue weighted by atomic mass is 10.1. The molecule has 1 atom stereocenters. The number of halogens is 2. The number of nitrogens with zero attached hydrogens (tertiary/aromatic N) is 1. The average molecular weight is 366 g/mol. The quantitative estimate of drug-likeness (QED) is 0.871. The van der Waals surface area contributed by atoms with Gasteiger partial charge in [0.1, 0.15) is 16.7 Å². The van der Waals surface area contributed by atoms with Crippen molar-refractivity contribution in [2.75, 3.05) is 18.0 Å². The molecule has 0 heterocycles. The van der Waals surface area contributed by atoms with Gasteiger partial charge in [-0.15, -0.1) is 0 Å². The van der Waals surface area contributed by atoms with Gasteiger partial charge in [-0.3, -0.25) is 9.03 Å². The van der Waals surface area contributed by atoms with Crippen LogP contribution in [-0.4, -0.2) is 35.0 Å². The van der Waals surface area contributed by atoms with Crippen LogP contribution in [0.4, 0.5) is 14.5 Å². The smallest absolute Gasteiger partial charge is 0.230 e. The summed E-state index contributed by atoms with van der Waals surface area (Å²) in [5.41, 5.74) is -0.537. The third-order valence-corrected chi connectivity index (χ3v) is 5.16. The van der Waals surface area contributed by atoms with Crippen molar-refractivity contribution in [1.82, 2.24) is 4.31 Å². The molecule has 1 rings (SSSR count). The third-order valence-electron chi connectivity index (χ3n) is 2.82. The number of hydrogen-bond donors (Lipinski definition) is 1. The molecule has 130 valence electrons. The second-order valence-corrected chi connectivity index (χ2v) is 10.0. The van der Waals surface area contributed by atoms with Crippen molar-refractivity contribution < 1.29 is 21.4 Å². The van der Waals surface area contributed by atoms with Crippen LogP contribution >= 0.6 is 0 Å². The van der Waals surface area contributed by atoms with E-state index in [9.17, 15) is 21.4 Å². The van der Waals surface area contributed by atoms with Crippen LogP contribution in [0, 0.1) is 11.6 Å². The molecule has 5 nitrogen and oxygen atoms in total. The van der Waals surface area contributed by atoms with Crippen molar-refractivity contribution in [2.24, 2.45) is 0 Å². The Morgan fingerprint density at radius 1 is 1.26 bits per heavy atom. The second-order valence-electron chi connectivity index (χ2n) is 5.99. The monoisotopic (exact) mass is 366 g/mol. The van der Waals surface area contributed by atoms with E-state index in [4.69, 9.17) is 0 Å². The van der Waals surface area contributed by atoms with E-state index in [-0.39, 0.29) is 11.3 Å². The van der Waals surface area contributed by atoms with Crippen molar-refractivity contribution in [3.8, 4) is 0 Å². The molecule has 0 amide bonds. The zero-order valence-corrected chi connectivity index (χ0v) is 15.2. The summed E-state index contributed by atoms with van der Waals surface area (Å²) in [5.74, 6) is -2.16. The van der Waals surface area contributed by atoms with Crippen molar-refractivity contribution in [2.45, 2.75) is 25.5 Å². The van der Waals surface area contributed by atoms with Gasteiger partial charge in [0, 0.05) is 18.3 Å². The maximum Gasteiger partial charge on any atom is 0.230 e. The highest BCUT2D eigenvalue weighted by molar-refractivity contribution is 7.92. The van der Waals surface area contributed by atoms with Gasteiger partial charge in [-0.05, 0) is 32.9 Å². The molecule has 9 heteroatoms. The SMILES string of the molecule is C=C(c1cc(F)c(NS(C)(=O)=O)c(F)c1)N(C)[S@@](=O)C(C)(C)C. The molecule has 1 aromatic rings. The van der Waals surface area contributed by atoms with Crippen LogP contribution in [-0.2, 0) is 21.0 Å². The number of sulfonamides is 1. The summed E-state index contributed by atoms with van der Waals surface area (Å²) in [5, 5.41) is 0. The van der Waals surface area contributed by atoms with Crippen LogP contribution < -0.4 is 4.72 Å². The van der Waals surface area contributed by atoms with E-state index in [1.807, 2.05) is 0 Å². The lowest BCUT2D eigenvalue weighted by Gasteiger charge is -2.28. The van der Waals surface area contributed by atoms with Crippen molar-refractivity contribution in [3.63, 3.8) is 0 Å². The van der Waals surface area contributed by atoms with E-state index in [2.05, 4.69) is 6.58 Å². The fourth-order valence-corrected chi connectivity index (χ4v) is 3.41. The van der Waals surface area contributed by atoms with Gasteiger partial charge in [0.05, 0.1) is 11.0 Å². The normalized spacial score (nSPS) is 13.5. The van der Waals surface area contributed by atoms with Gasteiger partial charge in [-0.1, -0.05) is 6.58 Å². The molecular formula is C14H20F2N2O3S2. The Kier molecular flexibility index (Phi) is 5.58. The van der Waals surface area contributed by atoms with E-state index in [0.29, 0.717) is 0 Å². The van der Waals surface area contributed by atoms with Crippen LogP contribution in [0.1, 0.15) is 26.3 Å². The fraction of sp³-hybridized carbons (Fsp3) is 0.429.